The van der Waals surface area contributed by atoms with E-state index in [0.717, 1.165) is 35.4 Å². The van der Waals surface area contributed by atoms with Gasteiger partial charge in [-0.05, 0) is 25.8 Å². The van der Waals surface area contributed by atoms with E-state index in [2.05, 4.69) is 25.4 Å². The van der Waals surface area contributed by atoms with Crippen LogP contribution in [-0.4, -0.2) is 37.1 Å². The minimum atomic E-state index is -0.338. The van der Waals surface area contributed by atoms with E-state index in [1.165, 1.54) is 19.3 Å². The highest BCUT2D eigenvalue weighted by molar-refractivity contribution is 5.75. The summed E-state index contributed by atoms with van der Waals surface area (Å²) in [5.74, 6) is 0.980. The van der Waals surface area contributed by atoms with Crippen LogP contribution in [0.5, 0.6) is 0 Å². The average Bonchev–Trinajstić information content (AvgIpc) is 3.43. The molecule has 0 spiro atoms. The Morgan fingerprint density at radius 1 is 1.27 bits per heavy atom. The number of imidazole rings is 1. The Morgan fingerprint density at radius 2 is 2.13 bits per heavy atom. The van der Waals surface area contributed by atoms with Gasteiger partial charge in [0.2, 0.25) is 11.7 Å². The molecule has 1 saturated carbocycles. The molecule has 3 heterocycles. The number of hydrogen-bond donors (Lipinski definition) is 2. The Balaban J connectivity index is 1.41. The number of rotatable bonds is 3. The molecule has 1 aliphatic carbocycles. The highest BCUT2D eigenvalue weighted by atomic mass is 16.5. The Kier molecular flexibility index (Phi) is 4.98. The monoisotopic (exact) mass is 406 g/mol. The summed E-state index contributed by atoms with van der Waals surface area (Å²) in [6, 6.07) is 7.80. The Morgan fingerprint density at radius 3 is 2.97 bits per heavy atom. The molecule has 1 aromatic carbocycles. The van der Waals surface area contributed by atoms with E-state index in [1.807, 2.05) is 31.2 Å². The van der Waals surface area contributed by atoms with Gasteiger partial charge in [0.05, 0.1) is 24.3 Å². The van der Waals surface area contributed by atoms with Crippen molar-refractivity contribution in [1.82, 2.24) is 30.3 Å². The summed E-state index contributed by atoms with van der Waals surface area (Å²) in [7, 11) is 0. The van der Waals surface area contributed by atoms with Crippen LogP contribution >= 0.6 is 0 Å². The normalized spacial score (nSPS) is 19.5. The number of urea groups is 1. The van der Waals surface area contributed by atoms with Gasteiger partial charge < -0.3 is 19.7 Å². The van der Waals surface area contributed by atoms with Gasteiger partial charge in [-0.2, -0.15) is 4.98 Å². The molecule has 0 unspecified atom stereocenters. The molecule has 2 N–H and O–H groups in total. The summed E-state index contributed by atoms with van der Waals surface area (Å²) in [6.45, 7) is 2.47. The lowest BCUT2D eigenvalue weighted by atomic mass is 9.95. The summed E-state index contributed by atoms with van der Waals surface area (Å²) in [4.78, 5) is 27.2. The minimum absolute atomic E-state index is 0.0811. The fraction of sp³-hybridized carbons (Fsp3) is 0.455. The van der Waals surface area contributed by atoms with E-state index in [1.54, 1.807) is 11.2 Å². The number of nitrogens with zero attached hydrogens (tertiary/aromatic N) is 4. The topological polar surface area (TPSA) is 99.9 Å². The molecule has 2 aromatic heterocycles. The fourth-order valence-corrected chi connectivity index (χ4v) is 4.45. The number of benzene rings is 1. The predicted molar refractivity (Wildman–Crippen MR) is 110 cm³/mol. The SMILES string of the molecule is Cc1cccc(-c2noc([C@@H]3Cc4nc[nH]c4CN3C(=O)NC3CCCCC3)n2)c1. The van der Waals surface area contributed by atoms with E-state index < -0.39 is 0 Å². The van der Waals surface area contributed by atoms with Crippen LogP contribution in [-0.2, 0) is 13.0 Å². The molecular weight excluding hydrogens is 380 g/mol. The second-order valence-corrected chi connectivity index (χ2v) is 8.29. The zero-order valence-corrected chi connectivity index (χ0v) is 17.1. The number of aryl methyl sites for hydroxylation is 1. The summed E-state index contributed by atoms with van der Waals surface area (Å²) in [5.41, 5.74) is 3.94. The number of aromatic nitrogens is 4. The van der Waals surface area contributed by atoms with Gasteiger partial charge in [-0.25, -0.2) is 9.78 Å². The molecule has 8 nitrogen and oxygen atoms in total. The number of hydrogen-bond acceptors (Lipinski definition) is 5. The first-order valence-corrected chi connectivity index (χ1v) is 10.7. The lowest BCUT2D eigenvalue weighted by molar-refractivity contribution is 0.138. The minimum Gasteiger partial charge on any atom is -0.347 e. The van der Waals surface area contributed by atoms with E-state index in [4.69, 9.17) is 4.52 Å². The van der Waals surface area contributed by atoms with Gasteiger partial charge in [-0.1, -0.05) is 48.2 Å². The lowest BCUT2D eigenvalue weighted by Crippen LogP contribution is -2.48. The first kappa shape index (κ1) is 18.8. The number of aromatic amines is 1. The van der Waals surface area contributed by atoms with Crippen molar-refractivity contribution in [1.29, 1.82) is 0 Å². The quantitative estimate of drug-likeness (QED) is 0.687. The molecule has 3 aromatic rings. The van der Waals surface area contributed by atoms with Crippen LogP contribution < -0.4 is 5.32 Å². The summed E-state index contributed by atoms with van der Waals surface area (Å²) < 4.78 is 5.64. The van der Waals surface area contributed by atoms with Crippen LogP contribution in [0, 0.1) is 6.92 Å². The van der Waals surface area contributed by atoms with Gasteiger partial charge >= 0.3 is 6.03 Å². The number of H-pyrrole nitrogens is 1. The van der Waals surface area contributed by atoms with Crippen LogP contribution in [0.4, 0.5) is 4.79 Å². The molecule has 5 rings (SSSR count). The standard InChI is InChI=1S/C22H26N6O2/c1-14-6-5-7-15(10-14)20-26-21(30-27-20)19-11-17-18(24-13-23-17)12-28(19)22(29)25-16-8-3-2-4-9-16/h5-7,10,13,16,19H,2-4,8-9,11-12H2,1H3,(H,23,24)(H,25,29)/t19-/m0/s1. The largest absolute Gasteiger partial charge is 0.347 e. The number of nitrogens with one attached hydrogen (secondary N) is 2. The van der Waals surface area contributed by atoms with Crippen molar-refractivity contribution in [2.24, 2.45) is 0 Å². The Hall–Kier alpha value is -3.16. The zero-order valence-electron chi connectivity index (χ0n) is 17.1. The number of fused-ring (bicyclic) bond motifs is 1. The maximum absolute atomic E-state index is 13.2. The first-order chi connectivity index (χ1) is 14.7. The molecule has 30 heavy (non-hydrogen) atoms. The Bertz CT molecular complexity index is 1040. The van der Waals surface area contributed by atoms with Crippen LogP contribution in [0.3, 0.4) is 0 Å². The number of carbonyl (C=O) groups excluding carboxylic acids is 1. The second-order valence-electron chi connectivity index (χ2n) is 8.29. The van der Waals surface area contributed by atoms with Crippen LogP contribution in [0.1, 0.15) is 61.0 Å². The number of amides is 2. The second kappa shape index (κ2) is 7.93. The summed E-state index contributed by atoms with van der Waals surface area (Å²) in [6.07, 6.45) is 7.89. The molecule has 2 amide bonds. The van der Waals surface area contributed by atoms with E-state index in [0.29, 0.717) is 24.7 Å². The lowest BCUT2D eigenvalue weighted by Gasteiger charge is -2.34. The molecule has 0 bridgehead atoms. The maximum Gasteiger partial charge on any atom is 0.318 e. The zero-order chi connectivity index (χ0) is 20.5. The van der Waals surface area contributed by atoms with Crippen molar-refractivity contribution in [3.63, 3.8) is 0 Å². The smallest absolute Gasteiger partial charge is 0.318 e. The van der Waals surface area contributed by atoms with E-state index in [-0.39, 0.29) is 18.1 Å². The Labute approximate surface area is 175 Å². The molecule has 156 valence electrons. The van der Waals surface area contributed by atoms with Crippen molar-refractivity contribution in [3.05, 3.63) is 53.4 Å². The molecular formula is C22H26N6O2. The average molecular weight is 406 g/mol. The molecule has 2 aliphatic rings. The van der Waals surface area contributed by atoms with Gasteiger partial charge in [0, 0.05) is 18.0 Å². The third kappa shape index (κ3) is 3.69. The predicted octanol–water partition coefficient (Wildman–Crippen LogP) is 3.91. The van der Waals surface area contributed by atoms with Crippen molar-refractivity contribution in [2.45, 2.75) is 64.1 Å². The van der Waals surface area contributed by atoms with Crippen molar-refractivity contribution < 1.29 is 9.32 Å². The first-order valence-electron chi connectivity index (χ1n) is 10.7. The summed E-state index contributed by atoms with van der Waals surface area (Å²) >= 11 is 0. The highest BCUT2D eigenvalue weighted by Crippen LogP contribution is 2.32. The third-order valence-corrected chi connectivity index (χ3v) is 6.10. The molecule has 0 radical (unpaired) electrons. The molecule has 1 aliphatic heterocycles. The summed E-state index contributed by atoms with van der Waals surface area (Å²) in [5, 5.41) is 7.40. The van der Waals surface area contributed by atoms with E-state index >= 15 is 0 Å². The van der Waals surface area contributed by atoms with Gasteiger partial charge in [-0.3, -0.25) is 0 Å². The van der Waals surface area contributed by atoms with Crippen molar-refractivity contribution in [3.8, 4) is 11.4 Å². The maximum atomic E-state index is 13.2. The highest BCUT2D eigenvalue weighted by Gasteiger charge is 2.36. The molecule has 0 saturated heterocycles. The van der Waals surface area contributed by atoms with Gasteiger partial charge in [-0.15, -0.1) is 0 Å². The van der Waals surface area contributed by atoms with Gasteiger partial charge in [0.15, 0.2) is 0 Å². The van der Waals surface area contributed by atoms with Crippen LogP contribution in [0.2, 0.25) is 0 Å². The van der Waals surface area contributed by atoms with Crippen molar-refractivity contribution >= 4 is 6.03 Å². The van der Waals surface area contributed by atoms with E-state index in [9.17, 15) is 4.79 Å². The number of carbonyl (C=O) groups is 1. The molecule has 8 heteroatoms. The van der Waals surface area contributed by atoms with Gasteiger partial charge in [0.1, 0.15) is 6.04 Å². The van der Waals surface area contributed by atoms with Crippen molar-refractivity contribution in [2.75, 3.05) is 0 Å². The molecule has 1 fully saturated rings. The fourth-order valence-electron chi connectivity index (χ4n) is 4.45. The van der Waals surface area contributed by atoms with Gasteiger partial charge in [0.25, 0.3) is 0 Å². The molecule has 1 atom stereocenters. The van der Waals surface area contributed by atoms with Crippen LogP contribution in [0.15, 0.2) is 35.1 Å². The third-order valence-electron chi connectivity index (χ3n) is 6.10. The van der Waals surface area contributed by atoms with Crippen LogP contribution in [0.25, 0.3) is 11.4 Å².